The van der Waals surface area contributed by atoms with Crippen LogP contribution in [0.1, 0.15) is 45.1 Å². The summed E-state index contributed by atoms with van der Waals surface area (Å²) in [7, 11) is 0. The fourth-order valence-electron chi connectivity index (χ4n) is 3.03. The quantitative estimate of drug-likeness (QED) is 0.921. The summed E-state index contributed by atoms with van der Waals surface area (Å²) in [6.45, 7) is 5.44. The molecule has 1 amide bonds. The lowest BCUT2D eigenvalue weighted by molar-refractivity contribution is -0.138. The first kappa shape index (κ1) is 15.0. The van der Waals surface area contributed by atoms with Crippen LogP contribution in [0.25, 0.3) is 0 Å². The molecule has 1 fully saturated rings. The molecule has 20 heavy (non-hydrogen) atoms. The first-order valence-corrected chi connectivity index (χ1v) is 7.64. The fraction of sp³-hybridized carbons (Fsp3) is 0.588. The number of nitrogens with two attached hydrogens (primary N) is 1. The van der Waals surface area contributed by atoms with Gasteiger partial charge in [-0.15, -0.1) is 0 Å². The number of rotatable bonds is 3. The minimum absolute atomic E-state index is 0.202. The molecule has 0 radical (unpaired) electrons. The van der Waals surface area contributed by atoms with Crippen molar-refractivity contribution in [1.82, 2.24) is 4.90 Å². The minimum Gasteiger partial charge on any atom is -0.338 e. The van der Waals surface area contributed by atoms with Crippen molar-refractivity contribution in [3.63, 3.8) is 0 Å². The molecule has 1 saturated heterocycles. The second kappa shape index (κ2) is 6.40. The third kappa shape index (κ3) is 3.04. The zero-order chi connectivity index (χ0) is 14.6. The van der Waals surface area contributed by atoms with E-state index in [0.29, 0.717) is 6.54 Å². The third-order valence-electron chi connectivity index (χ3n) is 4.44. The molecule has 0 spiro atoms. The molecule has 0 saturated carbocycles. The standard InChI is InChI=1S/C17H26N2O/c1-17(2,14-9-5-3-6-10-14)16(20)19-12-8-4-7-11-15(19)13-18/h3,5-6,9-10,15H,4,7-8,11-13,18H2,1-2H3. The van der Waals surface area contributed by atoms with Crippen molar-refractivity contribution in [2.75, 3.05) is 13.1 Å². The molecule has 3 heteroatoms. The van der Waals surface area contributed by atoms with Crippen LogP contribution in [0.3, 0.4) is 0 Å². The second-order valence-corrected chi connectivity index (χ2v) is 6.23. The van der Waals surface area contributed by atoms with E-state index in [4.69, 9.17) is 5.73 Å². The van der Waals surface area contributed by atoms with Crippen molar-refractivity contribution in [2.45, 2.75) is 51.0 Å². The molecule has 1 aromatic carbocycles. The first-order valence-electron chi connectivity index (χ1n) is 7.64. The summed E-state index contributed by atoms with van der Waals surface area (Å²) in [6, 6.07) is 10.2. The molecule has 1 unspecified atom stereocenters. The Morgan fingerprint density at radius 1 is 1.25 bits per heavy atom. The highest BCUT2D eigenvalue weighted by molar-refractivity contribution is 5.87. The van der Waals surface area contributed by atoms with Crippen LogP contribution in [0.5, 0.6) is 0 Å². The number of amides is 1. The van der Waals surface area contributed by atoms with Crippen molar-refractivity contribution in [2.24, 2.45) is 5.73 Å². The van der Waals surface area contributed by atoms with Crippen LogP contribution in [-0.2, 0) is 10.2 Å². The SMILES string of the molecule is CC(C)(C(=O)N1CCCCCC1CN)c1ccccc1. The Morgan fingerprint density at radius 2 is 1.95 bits per heavy atom. The van der Waals surface area contributed by atoms with Crippen LogP contribution in [0.4, 0.5) is 0 Å². The van der Waals surface area contributed by atoms with Gasteiger partial charge in [-0.05, 0) is 32.3 Å². The molecule has 2 N–H and O–H groups in total. The Labute approximate surface area is 122 Å². The van der Waals surface area contributed by atoms with Crippen LogP contribution in [0, 0.1) is 0 Å². The molecule has 1 aliphatic rings. The number of nitrogens with zero attached hydrogens (tertiary/aromatic N) is 1. The molecule has 0 aromatic heterocycles. The lowest BCUT2D eigenvalue weighted by Gasteiger charge is -2.36. The zero-order valence-corrected chi connectivity index (χ0v) is 12.6. The van der Waals surface area contributed by atoms with Crippen molar-refractivity contribution in [3.05, 3.63) is 35.9 Å². The van der Waals surface area contributed by atoms with Gasteiger partial charge in [-0.1, -0.05) is 43.2 Å². The second-order valence-electron chi connectivity index (χ2n) is 6.23. The summed E-state index contributed by atoms with van der Waals surface area (Å²) in [6.07, 6.45) is 4.50. The van der Waals surface area contributed by atoms with E-state index in [1.807, 2.05) is 49.1 Å². The van der Waals surface area contributed by atoms with Gasteiger partial charge >= 0.3 is 0 Å². The van der Waals surface area contributed by atoms with Crippen molar-refractivity contribution in [1.29, 1.82) is 0 Å². The van der Waals surface area contributed by atoms with E-state index in [-0.39, 0.29) is 11.9 Å². The maximum Gasteiger partial charge on any atom is 0.232 e. The summed E-state index contributed by atoms with van der Waals surface area (Å²) in [5.74, 6) is 0.209. The molecule has 3 nitrogen and oxygen atoms in total. The van der Waals surface area contributed by atoms with E-state index in [2.05, 4.69) is 0 Å². The number of carbonyl (C=O) groups excluding carboxylic acids is 1. The van der Waals surface area contributed by atoms with Gasteiger partial charge in [0.15, 0.2) is 0 Å². The summed E-state index contributed by atoms with van der Waals surface area (Å²) < 4.78 is 0. The number of benzene rings is 1. The predicted molar refractivity (Wildman–Crippen MR) is 82.5 cm³/mol. The van der Waals surface area contributed by atoms with Crippen molar-refractivity contribution < 1.29 is 4.79 Å². The lowest BCUT2D eigenvalue weighted by atomic mass is 9.82. The van der Waals surface area contributed by atoms with E-state index in [9.17, 15) is 4.79 Å². The van der Waals surface area contributed by atoms with Gasteiger partial charge < -0.3 is 10.6 Å². The Hall–Kier alpha value is -1.35. The van der Waals surface area contributed by atoms with Gasteiger partial charge in [0.2, 0.25) is 5.91 Å². The van der Waals surface area contributed by atoms with E-state index < -0.39 is 5.41 Å². The lowest BCUT2D eigenvalue weighted by Crippen LogP contribution is -2.50. The maximum absolute atomic E-state index is 13.0. The summed E-state index contributed by atoms with van der Waals surface area (Å²) in [4.78, 5) is 15.0. The molecule has 0 aliphatic carbocycles. The fourth-order valence-corrected chi connectivity index (χ4v) is 3.03. The van der Waals surface area contributed by atoms with E-state index in [0.717, 1.165) is 24.9 Å². The molecule has 0 bridgehead atoms. The smallest absolute Gasteiger partial charge is 0.232 e. The van der Waals surface area contributed by atoms with Gasteiger partial charge in [0.1, 0.15) is 0 Å². The summed E-state index contributed by atoms with van der Waals surface area (Å²) in [5, 5.41) is 0. The predicted octanol–water partition coefficient (Wildman–Crippen LogP) is 2.69. The zero-order valence-electron chi connectivity index (χ0n) is 12.6. The normalized spacial score (nSPS) is 20.6. The van der Waals surface area contributed by atoms with E-state index in [1.165, 1.54) is 12.8 Å². The van der Waals surface area contributed by atoms with Gasteiger partial charge in [0, 0.05) is 19.1 Å². The monoisotopic (exact) mass is 274 g/mol. The van der Waals surface area contributed by atoms with E-state index >= 15 is 0 Å². The first-order chi connectivity index (χ1) is 9.57. The molecular formula is C17H26N2O. The highest BCUT2D eigenvalue weighted by Crippen LogP contribution is 2.28. The highest BCUT2D eigenvalue weighted by Gasteiger charge is 2.36. The third-order valence-corrected chi connectivity index (χ3v) is 4.44. The summed E-state index contributed by atoms with van der Waals surface area (Å²) in [5.41, 5.74) is 6.48. The molecule has 110 valence electrons. The van der Waals surface area contributed by atoms with Gasteiger partial charge in [0.25, 0.3) is 0 Å². The van der Waals surface area contributed by atoms with Crippen LogP contribution in [0.15, 0.2) is 30.3 Å². The number of hydrogen-bond donors (Lipinski definition) is 1. The van der Waals surface area contributed by atoms with Crippen LogP contribution in [-0.4, -0.2) is 29.9 Å². The number of carbonyl (C=O) groups is 1. The Morgan fingerprint density at radius 3 is 2.60 bits per heavy atom. The highest BCUT2D eigenvalue weighted by atomic mass is 16.2. The molecule has 1 heterocycles. The largest absolute Gasteiger partial charge is 0.338 e. The molecular weight excluding hydrogens is 248 g/mol. The van der Waals surface area contributed by atoms with Gasteiger partial charge in [0.05, 0.1) is 5.41 Å². The average Bonchev–Trinajstić information content (AvgIpc) is 2.72. The van der Waals surface area contributed by atoms with Gasteiger partial charge in [-0.3, -0.25) is 4.79 Å². The van der Waals surface area contributed by atoms with Crippen LogP contribution < -0.4 is 5.73 Å². The number of likely N-dealkylation sites (tertiary alicyclic amines) is 1. The number of hydrogen-bond acceptors (Lipinski definition) is 2. The Kier molecular flexibility index (Phi) is 4.81. The molecule has 1 atom stereocenters. The molecule has 1 aromatic rings. The minimum atomic E-state index is -0.487. The Bertz CT molecular complexity index is 442. The van der Waals surface area contributed by atoms with Crippen LogP contribution >= 0.6 is 0 Å². The van der Waals surface area contributed by atoms with Crippen molar-refractivity contribution in [3.8, 4) is 0 Å². The van der Waals surface area contributed by atoms with Gasteiger partial charge in [-0.25, -0.2) is 0 Å². The summed E-state index contributed by atoms with van der Waals surface area (Å²) >= 11 is 0. The van der Waals surface area contributed by atoms with Crippen molar-refractivity contribution >= 4 is 5.91 Å². The topological polar surface area (TPSA) is 46.3 Å². The van der Waals surface area contributed by atoms with E-state index in [1.54, 1.807) is 0 Å². The molecule has 2 rings (SSSR count). The molecule has 1 aliphatic heterocycles. The Balaban J connectivity index is 2.24. The maximum atomic E-state index is 13.0. The average molecular weight is 274 g/mol. The van der Waals surface area contributed by atoms with Gasteiger partial charge in [-0.2, -0.15) is 0 Å². The van der Waals surface area contributed by atoms with Crippen LogP contribution in [0.2, 0.25) is 0 Å².